The van der Waals surface area contributed by atoms with Crippen LogP contribution in [-0.2, 0) is 19.1 Å². The minimum atomic E-state index is -1.35. The van der Waals surface area contributed by atoms with Gasteiger partial charge in [0, 0.05) is 29.1 Å². The first-order valence-corrected chi connectivity index (χ1v) is 11.7. The first kappa shape index (κ1) is 22.5. The summed E-state index contributed by atoms with van der Waals surface area (Å²) in [7, 11) is 0. The van der Waals surface area contributed by atoms with Crippen molar-refractivity contribution in [1.29, 1.82) is 0 Å². The van der Waals surface area contributed by atoms with Crippen LogP contribution in [0.3, 0.4) is 0 Å². The molecule has 0 heterocycles. The van der Waals surface area contributed by atoms with Crippen molar-refractivity contribution in [1.82, 2.24) is 0 Å². The zero-order chi connectivity index (χ0) is 22.8. The molecule has 168 valence electrons. The lowest BCUT2D eigenvalue weighted by Gasteiger charge is -2.58. The Bertz CT molecular complexity index is 919. The first-order valence-electron chi connectivity index (χ1n) is 11.2. The van der Waals surface area contributed by atoms with Crippen LogP contribution < -0.4 is 0 Å². The molecule has 0 unspecified atom stereocenters. The van der Waals surface area contributed by atoms with Crippen LogP contribution >= 0.6 is 11.6 Å². The van der Waals surface area contributed by atoms with Gasteiger partial charge in [-0.25, -0.2) is 0 Å². The fraction of sp³-hybridized carbons (Fsp3) is 0.640. The van der Waals surface area contributed by atoms with Crippen molar-refractivity contribution in [3.05, 3.63) is 36.0 Å². The van der Waals surface area contributed by atoms with Crippen molar-refractivity contribution in [2.24, 2.45) is 34.5 Å². The number of alkyl halides is 1. The molecule has 4 aliphatic carbocycles. The van der Waals surface area contributed by atoms with E-state index in [0.29, 0.717) is 12.8 Å². The minimum absolute atomic E-state index is 0.0125. The van der Waals surface area contributed by atoms with Crippen LogP contribution in [0.15, 0.2) is 36.0 Å². The van der Waals surface area contributed by atoms with Crippen LogP contribution in [0.5, 0.6) is 0 Å². The number of carbonyl (C=O) groups is 3. The molecule has 4 rings (SSSR count). The average Bonchev–Trinajstić information content (AvgIpc) is 2.94. The molecular weight excluding hydrogens is 416 g/mol. The van der Waals surface area contributed by atoms with Gasteiger partial charge in [0.15, 0.2) is 17.2 Å². The second kappa shape index (κ2) is 7.41. The van der Waals surface area contributed by atoms with Crippen molar-refractivity contribution < 1.29 is 24.2 Å². The number of hydrogen-bond acceptors (Lipinski definition) is 5. The van der Waals surface area contributed by atoms with Crippen LogP contribution in [-0.4, -0.2) is 40.2 Å². The fourth-order valence-corrected chi connectivity index (χ4v) is 7.52. The van der Waals surface area contributed by atoms with Gasteiger partial charge in [0.25, 0.3) is 0 Å². The minimum Gasteiger partial charge on any atom is -0.450 e. The highest BCUT2D eigenvalue weighted by Crippen LogP contribution is 2.68. The third-order valence-electron chi connectivity index (χ3n) is 8.70. The first-order chi connectivity index (χ1) is 14.5. The van der Waals surface area contributed by atoms with Crippen molar-refractivity contribution in [3.63, 3.8) is 0 Å². The maximum Gasteiger partial charge on any atom is 0.306 e. The summed E-state index contributed by atoms with van der Waals surface area (Å²) in [4.78, 5) is 37.7. The Labute approximate surface area is 188 Å². The zero-order valence-electron chi connectivity index (χ0n) is 18.6. The van der Waals surface area contributed by atoms with E-state index in [2.05, 4.69) is 13.0 Å². The average molecular weight is 447 g/mol. The molecule has 0 aromatic rings. The predicted molar refractivity (Wildman–Crippen MR) is 117 cm³/mol. The second-order valence-electron chi connectivity index (χ2n) is 10.1. The number of halogens is 1. The number of ether oxygens (including phenoxy) is 1. The number of rotatable bonds is 4. The molecule has 8 atom stereocenters. The molecular formula is C25H31ClO5. The van der Waals surface area contributed by atoms with Gasteiger partial charge in [0.05, 0.1) is 12.0 Å². The summed E-state index contributed by atoms with van der Waals surface area (Å²) < 4.78 is 5.98. The Kier molecular flexibility index (Phi) is 5.37. The molecule has 0 amide bonds. The van der Waals surface area contributed by atoms with Crippen LogP contribution in [0.1, 0.15) is 47.0 Å². The third-order valence-corrected chi connectivity index (χ3v) is 8.94. The molecule has 31 heavy (non-hydrogen) atoms. The molecule has 2 saturated carbocycles. The molecule has 0 aromatic heterocycles. The van der Waals surface area contributed by atoms with Crippen LogP contribution in [0, 0.1) is 34.5 Å². The molecule has 0 bridgehead atoms. The lowest BCUT2D eigenvalue weighted by molar-refractivity contribution is -0.199. The Balaban J connectivity index is 1.84. The number of ketones is 2. The predicted octanol–water partition coefficient (Wildman–Crippen LogP) is 3.79. The zero-order valence-corrected chi connectivity index (χ0v) is 19.3. The number of aliphatic hydroxyl groups excluding tert-OH is 1. The van der Waals surface area contributed by atoms with E-state index >= 15 is 0 Å². The van der Waals surface area contributed by atoms with E-state index in [4.69, 9.17) is 16.3 Å². The number of aliphatic hydroxyl groups is 1. The summed E-state index contributed by atoms with van der Waals surface area (Å²) in [5, 5.41) is 11.5. The Morgan fingerprint density at radius 2 is 2.00 bits per heavy atom. The van der Waals surface area contributed by atoms with Crippen molar-refractivity contribution in [3.8, 4) is 0 Å². The maximum absolute atomic E-state index is 13.3. The van der Waals surface area contributed by atoms with Crippen molar-refractivity contribution in [2.75, 3.05) is 5.88 Å². The highest BCUT2D eigenvalue weighted by atomic mass is 35.5. The highest BCUT2D eigenvalue weighted by molar-refractivity contribution is 6.29. The van der Waals surface area contributed by atoms with Gasteiger partial charge in [0.2, 0.25) is 0 Å². The summed E-state index contributed by atoms with van der Waals surface area (Å²) in [6.07, 6.45) is 9.72. The topological polar surface area (TPSA) is 80.7 Å². The van der Waals surface area contributed by atoms with Gasteiger partial charge >= 0.3 is 5.97 Å². The SMILES string of the molecule is CCC(=O)O[C@@]1(C(=O)CCl)[C@H](C)C[C@H]2[C@@H]3C=CC4=CC(=O)C=C[C@]4(C)[C@H]3[C@@H](O)C[C@@]21C. The van der Waals surface area contributed by atoms with Crippen molar-refractivity contribution in [2.45, 2.75) is 58.7 Å². The summed E-state index contributed by atoms with van der Waals surface area (Å²) in [6.45, 7) is 7.72. The van der Waals surface area contributed by atoms with E-state index in [-0.39, 0.29) is 47.5 Å². The Morgan fingerprint density at radius 3 is 2.65 bits per heavy atom. The quantitative estimate of drug-likeness (QED) is 0.525. The molecule has 5 nitrogen and oxygen atoms in total. The smallest absolute Gasteiger partial charge is 0.306 e. The largest absolute Gasteiger partial charge is 0.450 e. The van der Waals surface area contributed by atoms with Gasteiger partial charge < -0.3 is 9.84 Å². The second-order valence-corrected chi connectivity index (χ2v) is 10.4. The third kappa shape index (κ3) is 2.88. The summed E-state index contributed by atoms with van der Waals surface area (Å²) >= 11 is 6.04. The number of fused-ring (bicyclic) bond motifs is 5. The molecule has 0 saturated heterocycles. The monoisotopic (exact) mass is 446 g/mol. The van der Waals surface area contributed by atoms with Crippen LogP contribution in [0.4, 0.5) is 0 Å². The number of esters is 1. The van der Waals surface area contributed by atoms with Crippen LogP contribution in [0.2, 0.25) is 0 Å². The van der Waals surface area contributed by atoms with E-state index in [1.54, 1.807) is 19.1 Å². The van der Waals surface area contributed by atoms with E-state index < -0.39 is 28.5 Å². The number of Topliss-reactive ketones (excluding diaryl/α,β-unsaturated/α-hetero) is 1. The van der Waals surface area contributed by atoms with Gasteiger partial charge in [-0.05, 0) is 42.4 Å². The Morgan fingerprint density at radius 1 is 1.29 bits per heavy atom. The lowest BCUT2D eigenvalue weighted by Crippen LogP contribution is -2.63. The summed E-state index contributed by atoms with van der Waals surface area (Å²) in [5.41, 5.74) is -1.63. The van der Waals surface area contributed by atoms with Gasteiger partial charge in [-0.1, -0.05) is 45.9 Å². The molecule has 0 spiro atoms. The summed E-state index contributed by atoms with van der Waals surface area (Å²) in [6, 6.07) is 0. The standard InChI is InChI=1S/C25H31ClO5/c1-5-21(30)31-25(20(29)13-26)14(2)10-18-17-7-6-15-11-16(27)8-9-23(15,3)22(17)19(28)12-24(18,25)4/h6-9,11,14,17-19,22,28H,5,10,12-13H2,1-4H3/t14-,17+,18+,19+,22-,23+,24+,25-/m1/s1. The van der Waals surface area contributed by atoms with E-state index in [1.165, 1.54) is 0 Å². The van der Waals surface area contributed by atoms with Gasteiger partial charge in [0.1, 0.15) is 0 Å². The molecule has 2 fully saturated rings. The van der Waals surface area contributed by atoms with Gasteiger partial charge in [-0.2, -0.15) is 0 Å². The maximum atomic E-state index is 13.3. The highest BCUT2D eigenvalue weighted by Gasteiger charge is 2.72. The lowest BCUT2D eigenvalue weighted by atomic mass is 9.47. The van der Waals surface area contributed by atoms with Gasteiger partial charge in [-0.15, -0.1) is 11.6 Å². The fourth-order valence-electron chi connectivity index (χ4n) is 7.32. The number of hydrogen-bond donors (Lipinski definition) is 1. The number of carbonyl (C=O) groups excluding carboxylic acids is 3. The van der Waals surface area contributed by atoms with E-state index in [1.807, 2.05) is 26.0 Å². The van der Waals surface area contributed by atoms with Crippen molar-refractivity contribution >= 4 is 29.1 Å². The molecule has 1 N–H and O–H groups in total. The van der Waals surface area contributed by atoms with E-state index in [9.17, 15) is 19.5 Å². The Hall–Kier alpha value is -1.72. The molecule has 0 aromatic carbocycles. The van der Waals surface area contributed by atoms with Gasteiger partial charge in [-0.3, -0.25) is 14.4 Å². The normalized spacial score (nSPS) is 45.4. The van der Waals surface area contributed by atoms with Crippen LogP contribution in [0.25, 0.3) is 0 Å². The summed E-state index contributed by atoms with van der Waals surface area (Å²) in [5.74, 6) is -1.30. The van der Waals surface area contributed by atoms with E-state index in [0.717, 1.165) is 5.57 Å². The molecule has 6 heteroatoms. The molecule has 0 radical (unpaired) electrons. The molecule has 0 aliphatic heterocycles. The molecule has 4 aliphatic rings. The number of allylic oxidation sites excluding steroid dienone is 6.